The molecule has 0 bridgehead atoms. The molecule has 26 heavy (non-hydrogen) atoms. The molecule has 0 fully saturated rings. The smallest absolute Gasteiger partial charge is 0.282 e. The van der Waals surface area contributed by atoms with E-state index in [0.29, 0.717) is 15.1 Å². The van der Waals surface area contributed by atoms with Gasteiger partial charge in [0, 0.05) is 16.8 Å². The first kappa shape index (κ1) is 18.3. The number of halogens is 1. The number of thioether (sulfide) groups is 1. The van der Waals surface area contributed by atoms with Gasteiger partial charge in [0.15, 0.2) is 4.34 Å². The number of hydrogen-bond donors (Lipinski definition) is 1. The lowest BCUT2D eigenvalue weighted by atomic mass is 10.1. The molecule has 1 heterocycles. The minimum Gasteiger partial charge on any atom is -0.296 e. The Morgan fingerprint density at radius 1 is 1.23 bits per heavy atom. The number of para-hydroxylation sites is 1. The van der Waals surface area contributed by atoms with E-state index in [2.05, 4.69) is 15.5 Å². The number of nitro groups is 1. The van der Waals surface area contributed by atoms with Crippen molar-refractivity contribution in [2.45, 2.75) is 10.1 Å². The summed E-state index contributed by atoms with van der Waals surface area (Å²) in [7, 11) is 0. The first-order valence-electron chi connectivity index (χ1n) is 7.28. The molecule has 0 radical (unpaired) electrons. The molecule has 2 aromatic carbocycles. The first-order chi connectivity index (χ1) is 12.5. The first-order valence-corrected chi connectivity index (χ1v) is 9.46. The molecule has 0 saturated heterocycles. The molecule has 1 amide bonds. The maximum Gasteiger partial charge on any atom is 0.282 e. The van der Waals surface area contributed by atoms with Crippen LogP contribution in [-0.2, 0) is 5.75 Å². The zero-order valence-corrected chi connectivity index (χ0v) is 15.5. The van der Waals surface area contributed by atoms with Crippen molar-refractivity contribution < 1.29 is 9.72 Å². The van der Waals surface area contributed by atoms with Crippen molar-refractivity contribution in [3.8, 4) is 0 Å². The molecule has 0 aliphatic rings. The van der Waals surface area contributed by atoms with Crippen LogP contribution in [-0.4, -0.2) is 21.0 Å². The van der Waals surface area contributed by atoms with Gasteiger partial charge >= 0.3 is 0 Å². The maximum atomic E-state index is 12.3. The molecule has 132 valence electrons. The van der Waals surface area contributed by atoms with Crippen molar-refractivity contribution in [3.63, 3.8) is 0 Å². The summed E-state index contributed by atoms with van der Waals surface area (Å²) >= 11 is 8.61. The summed E-state index contributed by atoms with van der Waals surface area (Å²) in [6, 6.07) is 13.2. The molecule has 7 nitrogen and oxygen atoms in total. The third-order valence-electron chi connectivity index (χ3n) is 3.22. The number of carbonyl (C=O) groups is 1. The van der Waals surface area contributed by atoms with E-state index in [1.165, 1.54) is 41.3 Å². The number of rotatable bonds is 6. The Morgan fingerprint density at radius 2 is 2.04 bits per heavy atom. The lowest BCUT2D eigenvalue weighted by Gasteiger charge is -2.02. The van der Waals surface area contributed by atoms with Crippen molar-refractivity contribution in [1.82, 2.24) is 10.2 Å². The Bertz CT molecular complexity index is 964. The van der Waals surface area contributed by atoms with Crippen LogP contribution in [0.2, 0.25) is 5.02 Å². The number of hydrogen-bond acceptors (Lipinski definition) is 7. The summed E-state index contributed by atoms with van der Waals surface area (Å²) in [6.07, 6.45) is 0. The largest absolute Gasteiger partial charge is 0.296 e. The molecule has 0 aliphatic heterocycles. The van der Waals surface area contributed by atoms with Gasteiger partial charge < -0.3 is 0 Å². The second-order valence-electron chi connectivity index (χ2n) is 5.02. The molecule has 1 N–H and O–H groups in total. The van der Waals surface area contributed by atoms with Crippen molar-refractivity contribution in [2.24, 2.45) is 0 Å². The fraction of sp³-hybridized carbons (Fsp3) is 0.0625. The molecule has 3 rings (SSSR count). The maximum absolute atomic E-state index is 12.3. The van der Waals surface area contributed by atoms with Crippen molar-refractivity contribution >= 4 is 51.4 Å². The van der Waals surface area contributed by atoms with E-state index >= 15 is 0 Å². The Balaban J connectivity index is 1.65. The van der Waals surface area contributed by atoms with Gasteiger partial charge in [0.2, 0.25) is 5.13 Å². The summed E-state index contributed by atoms with van der Waals surface area (Å²) in [6.45, 7) is 0. The number of nitrogens with zero attached hydrogens (tertiary/aromatic N) is 3. The van der Waals surface area contributed by atoms with Crippen LogP contribution in [0.3, 0.4) is 0 Å². The molecule has 0 spiro atoms. The van der Waals surface area contributed by atoms with Gasteiger partial charge in [-0.3, -0.25) is 20.2 Å². The van der Waals surface area contributed by atoms with Gasteiger partial charge in [-0.2, -0.15) is 0 Å². The highest BCUT2D eigenvalue weighted by Gasteiger charge is 2.20. The number of anilines is 1. The second kappa shape index (κ2) is 8.26. The molecule has 3 aromatic rings. The van der Waals surface area contributed by atoms with Crippen molar-refractivity contribution in [1.29, 1.82) is 0 Å². The van der Waals surface area contributed by atoms with Crippen LogP contribution in [0.1, 0.15) is 15.9 Å². The molecule has 0 unspecified atom stereocenters. The van der Waals surface area contributed by atoms with Crippen LogP contribution >= 0.6 is 34.7 Å². The van der Waals surface area contributed by atoms with Crippen LogP contribution < -0.4 is 5.32 Å². The standard InChI is InChI=1S/C16H11ClN4O3S2/c17-11-5-3-4-10(8-11)9-25-16-20-19-15(26-16)18-14(22)12-6-1-2-7-13(12)21(23)24/h1-8H,9H2,(H,18,19,22). The predicted molar refractivity (Wildman–Crippen MR) is 102 cm³/mol. The highest BCUT2D eigenvalue weighted by molar-refractivity contribution is 8.00. The van der Waals surface area contributed by atoms with E-state index in [0.717, 1.165) is 5.56 Å². The third-order valence-corrected chi connectivity index (χ3v) is 5.50. The van der Waals surface area contributed by atoms with Crippen LogP contribution in [0, 0.1) is 10.1 Å². The topological polar surface area (TPSA) is 98.0 Å². The van der Waals surface area contributed by atoms with Crippen LogP contribution in [0.15, 0.2) is 52.9 Å². The number of amides is 1. The van der Waals surface area contributed by atoms with E-state index in [-0.39, 0.29) is 16.4 Å². The van der Waals surface area contributed by atoms with Gasteiger partial charge in [-0.25, -0.2) is 0 Å². The molecular weight excluding hydrogens is 396 g/mol. The van der Waals surface area contributed by atoms with Gasteiger partial charge in [0.1, 0.15) is 5.56 Å². The molecule has 0 aliphatic carbocycles. The van der Waals surface area contributed by atoms with Crippen LogP contribution in [0.25, 0.3) is 0 Å². The van der Waals surface area contributed by atoms with Crippen molar-refractivity contribution in [3.05, 3.63) is 74.8 Å². The zero-order valence-electron chi connectivity index (χ0n) is 13.1. The summed E-state index contributed by atoms with van der Waals surface area (Å²) < 4.78 is 0.669. The van der Waals surface area contributed by atoms with E-state index in [4.69, 9.17) is 11.6 Å². The summed E-state index contributed by atoms with van der Waals surface area (Å²) in [5.41, 5.74) is 0.758. The number of aromatic nitrogens is 2. The van der Waals surface area contributed by atoms with Gasteiger partial charge in [-0.1, -0.05) is 59.0 Å². The Morgan fingerprint density at radius 3 is 2.81 bits per heavy atom. The number of nitrogens with one attached hydrogen (secondary N) is 1. The fourth-order valence-corrected chi connectivity index (χ4v) is 3.98. The number of benzene rings is 2. The molecule has 0 saturated carbocycles. The monoisotopic (exact) mass is 406 g/mol. The summed E-state index contributed by atoms with van der Waals surface area (Å²) in [5, 5.41) is 22.4. The number of nitro benzene ring substituents is 1. The van der Waals surface area contributed by atoms with Gasteiger partial charge in [-0.15, -0.1) is 10.2 Å². The molecule has 0 atom stereocenters. The Labute approximate surface area is 161 Å². The minimum atomic E-state index is -0.597. The third kappa shape index (κ3) is 4.57. The second-order valence-corrected chi connectivity index (χ2v) is 7.66. The average Bonchev–Trinajstić information content (AvgIpc) is 3.07. The minimum absolute atomic E-state index is 0.0270. The highest BCUT2D eigenvalue weighted by atomic mass is 35.5. The van der Waals surface area contributed by atoms with E-state index in [9.17, 15) is 14.9 Å². The lowest BCUT2D eigenvalue weighted by Crippen LogP contribution is -2.13. The highest BCUT2D eigenvalue weighted by Crippen LogP contribution is 2.29. The lowest BCUT2D eigenvalue weighted by molar-refractivity contribution is -0.385. The van der Waals surface area contributed by atoms with Gasteiger partial charge in [-0.05, 0) is 23.8 Å². The fourth-order valence-electron chi connectivity index (χ4n) is 2.08. The van der Waals surface area contributed by atoms with E-state index in [1.54, 1.807) is 12.1 Å². The van der Waals surface area contributed by atoms with E-state index < -0.39 is 10.8 Å². The number of carbonyl (C=O) groups excluding carboxylic acids is 1. The van der Waals surface area contributed by atoms with Crippen LogP contribution in [0.4, 0.5) is 10.8 Å². The molecule has 10 heteroatoms. The van der Waals surface area contributed by atoms with Crippen molar-refractivity contribution in [2.75, 3.05) is 5.32 Å². The van der Waals surface area contributed by atoms with E-state index in [1.807, 2.05) is 18.2 Å². The molecule has 1 aromatic heterocycles. The average molecular weight is 407 g/mol. The SMILES string of the molecule is O=C(Nc1nnc(SCc2cccc(Cl)c2)s1)c1ccccc1[N+](=O)[O-]. The Hall–Kier alpha value is -2.49. The summed E-state index contributed by atoms with van der Waals surface area (Å²) in [5.74, 6) is 0.0626. The van der Waals surface area contributed by atoms with Gasteiger partial charge in [0.05, 0.1) is 4.92 Å². The van der Waals surface area contributed by atoms with Gasteiger partial charge in [0.25, 0.3) is 11.6 Å². The normalized spacial score (nSPS) is 10.5. The molecular formula is C16H11ClN4O3S2. The quantitative estimate of drug-likeness (QED) is 0.277. The predicted octanol–water partition coefficient (Wildman–Crippen LogP) is 4.64. The zero-order chi connectivity index (χ0) is 18.5. The summed E-state index contributed by atoms with van der Waals surface area (Å²) in [4.78, 5) is 22.7. The van der Waals surface area contributed by atoms with Crippen LogP contribution in [0.5, 0.6) is 0 Å². The Kier molecular flexibility index (Phi) is 5.82.